The second-order valence-electron chi connectivity index (χ2n) is 5.02. The second-order valence-corrected chi connectivity index (χ2v) is 5.02. The van der Waals surface area contributed by atoms with Crippen LogP contribution in [0.3, 0.4) is 0 Å². The molecule has 1 aromatic heterocycles. The average Bonchev–Trinajstić information content (AvgIpc) is 2.40. The highest BCUT2D eigenvalue weighted by Gasteiger charge is 2.22. The van der Waals surface area contributed by atoms with Gasteiger partial charge >= 0.3 is 0 Å². The quantitative estimate of drug-likeness (QED) is 0.867. The highest BCUT2D eigenvalue weighted by molar-refractivity contribution is 5.13. The van der Waals surface area contributed by atoms with Crippen LogP contribution in [0, 0.1) is 5.92 Å². The van der Waals surface area contributed by atoms with Gasteiger partial charge in [-0.05, 0) is 63.4 Å². The minimum atomic E-state index is 0.488. The van der Waals surface area contributed by atoms with Gasteiger partial charge in [0.15, 0.2) is 0 Å². The molecule has 17 heavy (non-hydrogen) atoms. The summed E-state index contributed by atoms with van der Waals surface area (Å²) in [6.07, 6.45) is 7.60. The molecule has 1 aliphatic heterocycles. The lowest BCUT2D eigenvalue weighted by atomic mass is 9.92. The summed E-state index contributed by atoms with van der Waals surface area (Å²) in [7, 11) is 0. The van der Waals surface area contributed by atoms with Gasteiger partial charge in [0.05, 0.1) is 0 Å². The molecule has 0 saturated carbocycles. The van der Waals surface area contributed by atoms with Crippen molar-refractivity contribution >= 4 is 0 Å². The Bertz CT molecular complexity index is 317. The Balaban J connectivity index is 1.88. The van der Waals surface area contributed by atoms with E-state index in [9.17, 15) is 0 Å². The molecule has 0 spiro atoms. The van der Waals surface area contributed by atoms with E-state index >= 15 is 0 Å². The van der Waals surface area contributed by atoms with E-state index in [1.54, 1.807) is 0 Å². The molecule has 3 heteroatoms. The van der Waals surface area contributed by atoms with Crippen molar-refractivity contribution in [3.05, 3.63) is 30.1 Å². The van der Waals surface area contributed by atoms with Crippen molar-refractivity contribution in [2.75, 3.05) is 19.6 Å². The molecule has 0 aliphatic carbocycles. The van der Waals surface area contributed by atoms with Crippen molar-refractivity contribution in [1.82, 2.24) is 9.88 Å². The number of piperidine rings is 1. The third-order valence-corrected chi connectivity index (χ3v) is 3.94. The van der Waals surface area contributed by atoms with E-state index in [-0.39, 0.29) is 0 Å². The van der Waals surface area contributed by atoms with Crippen molar-refractivity contribution < 1.29 is 0 Å². The summed E-state index contributed by atoms with van der Waals surface area (Å²) in [4.78, 5) is 6.76. The summed E-state index contributed by atoms with van der Waals surface area (Å²) in [5.41, 5.74) is 6.95. The lowest BCUT2D eigenvalue weighted by molar-refractivity contribution is 0.138. The van der Waals surface area contributed by atoms with Gasteiger partial charge in [0.25, 0.3) is 0 Å². The van der Waals surface area contributed by atoms with E-state index in [0.717, 1.165) is 12.5 Å². The van der Waals surface area contributed by atoms with E-state index in [4.69, 9.17) is 5.73 Å². The van der Waals surface area contributed by atoms with Crippen LogP contribution >= 0.6 is 0 Å². The summed E-state index contributed by atoms with van der Waals surface area (Å²) in [6, 6.07) is 4.68. The van der Waals surface area contributed by atoms with Gasteiger partial charge in [-0.25, -0.2) is 0 Å². The van der Waals surface area contributed by atoms with Crippen LogP contribution < -0.4 is 5.73 Å². The molecule has 1 aliphatic rings. The molecule has 1 atom stereocenters. The van der Waals surface area contributed by atoms with Crippen molar-refractivity contribution in [3.63, 3.8) is 0 Å². The smallest absolute Gasteiger partial charge is 0.0335 e. The molecule has 94 valence electrons. The number of nitrogens with two attached hydrogens (primary N) is 1. The fourth-order valence-corrected chi connectivity index (χ4v) is 2.70. The van der Waals surface area contributed by atoms with Gasteiger partial charge in [0.2, 0.25) is 0 Å². The molecular formula is C14H23N3. The first-order chi connectivity index (χ1) is 8.31. The summed E-state index contributed by atoms with van der Waals surface area (Å²) in [5, 5.41) is 0. The van der Waals surface area contributed by atoms with Gasteiger partial charge in [0, 0.05) is 18.4 Å². The molecule has 1 unspecified atom stereocenters. The van der Waals surface area contributed by atoms with Crippen molar-refractivity contribution in [3.8, 4) is 0 Å². The summed E-state index contributed by atoms with van der Waals surface area (Å²) >= 11 is 0. The first-order valence-electron chi connectivity index (χ1n) is 6.65. The van der Waals surface area contributed by atoms with Gasteiger partial charge in [-0.2, -0.15) is 0 Å². The zero-order chi connectivity index (χ0) is 12.1. The fourth-order valence-electron chi connectivity index (χ4n) is 2.70. The Hall–Kier alpha value is -0.930. The molecular weight excluding hydrogens is 210 g/mol. The zero-order valence-corrected chi connectivity index (χ0v) is 10.7. The molecule has 0 bridgehead atoms. The van der Waals surface area contributed by atoms with Crippen molar-refractivity contribution in [2.45, 2.75) is 32.2 Å². The number of rotatable bonds is 4. The number of pyridine rings is 1. The SMILES string of the molecule is CC(c1cccnc1)N1CCC(CCN)CC1. The van der Waals surface area contributed by atoms with Gasteiger partial charge in [-0.1, -0.05) is 6.07 Å². The maximum absolute atomic E-state index is 5.62. The molecule has 2 N–H and O–H groups in total. The lowest BCUT2D eigenvalue weighted by Crippen LogP contribution is -2.36. The number of hydrogen-bond acceptors (Lipinski definition) is 3. The number of hydrogen-bond donors (Lipinski definition) is 1. The first-order valence-corrected chi connectivity index (χ1v) is 6.65. The van der Waals surface area contributed by atoms with E-state index in [1.165, 1.54) is 37.9 Å². The maximum Gasteiger partial charge on any atom is 0.0335 e. The van der Waals surface area contributed by atoms with E-state index in [0.29, 0.717) is 6.04 Å². The molecule has 1 saturated heterocycles. The van der Waals surface area contributed by atoms with Crippen molar-refractivity contribution in [1.29, 1.82) is 0 Å². The maximum atomic E-state index is 5.62. The molecule has 0 amide bonds. The minimum Gasteiger partial charge on any atom is -0.330 e. The summed E-state index contributed by atoms with van der Waals surface area (Å²) in [6.45, 7) is 5.50. The third-order valence-electron chi connectivity index (χ3n) is 3.94. The Labute approximate surface area is 104 Å². The van der Waals surface area contributed by atoms with Gasteiger partial charge in [0.1, 0.15) is 0 Å². The predicted octanol–water partition coefficient (Wildman–Crippen LogP) is 2.20. The van der Waals surface area contributed by atoms with Crippen LogP contribution in [0.25, 0.3) is 0 Å². The van der Waals surface area contributed by atoms with Crippen LogP contribution in [-0.2, 0) is 0 Å². The van der Waals surface area contributed by atoms with E-state index < -0.39 is 0 Å². The van der Waals surface area contributed by atoms with Crippen LogP contribution in [0.1, 0.15) is 37.8 Å². The average molecular weight is 233 g/mol. The van der Waals surface area contributed by atoms with E-state index in [1.807, 2.05) is 18.5 Å². The predicted molar refractivity (Wildman–Crippen MR) is 70.6 cm³/mol. The first kappa shape index (κ1) is 12.5. The Morgan fingerprint density at radius 1 is 1.47 bits per heavy atom. The van der Waals surface area contributed by atoms with Gasteiger partial charge in [-0.15, -0.1) is 0 Å². The highest BCUT2D eigenvalue weighted by atomic mass is 15.2. The van der Waals surface area contributed by atoms with Crippen LogP contribution in [0.2, 0.25) is 0 Å². The molecule has 3 nitrogen and oxygen atoms in total. The Morgan fingerprint density at radius 2 is 2.24 bits per heavy atom. The van der Waals surface area contributed by atoms with Gasteiger partial charge < -0.3 is 5.73 Å². The summed E-state index contributed by atoms with van der Waals surface area (Å²) < 4.78 is 0. The lowest BCUT2D eigenvalue weighted by Gasteiger charge is -2.36. The Kier molecular flexibility index (Phi) is 4.51. The van der Waals surface area contributed by atoms with Gasteiger partial charge in [-0.3, -0.25) is 9.88 Å². The number of likely N-dealkylation sites (tertiary alicyclic amines) is 1. The molecule has 1 aromatic rings. The van der Waals surface area contributed by atoms with Crippen LogP contribution in [0.5, 0.6) is 0 Å². The monoisotopic (exact) mass is 233 g/mol. The standard InChI is InChI=1S/C14H23N3/c1-12(14-3-2-8-16-11-14)17-9-5-13(4-7-15)6-10-17/h2-3,8,11-13H,4-7,9-10,15H2,1H3. The highest BCUT2D eigenvalue weighted by Crippen LogP contribution is 2.27. The molecule has 1 fully saturated rings. The van der Waals surface area contributed by atoms with Crippen LogP contribution in [0.15, 0.2) is 24.5 Å². The van der Waals surface area contributed by atoms with E-state index in [2.05, 4.69) is 22.9 Å². The zero-order valence-electron chi connectivity index (χ0n) is 10.7. The molecule has 2 heterocycles. The van der Waals surface area contributed by atoms with Crippen LogP contribution in [-0.4, -0.2) is 29.5 Å². The summed E-state index contributed by atoms with van der Waals surface area (Å²) in [5.74, 6) is 0.845. The minimum absolute atomic E-state index is 0.488. The second kappa shape index (κ2) is 6.12. The Morgan fingerprint density at radius 3 is 2.82 bits per heavy atom. The normalized spacial score (nSPS) is 20.4. The molecule has 0 radical (unpaired) electrons. The fraction of sp³-hybridized carbons (Fsp3) is 0.643. The third kappa shape index (κ3) is 3.27. The largest absolute Gasteiger partial charge is 0.330 e. The molecule has 0 aromatic carbocycles. The van der Waals surface area contributed by atoms with Crippen LogP contribution in [0.4, 0.5) is 0 Å². The molecule has 2 rings (SSSR count). The van der Waals surface area contributed by atoms with Crippen molar-refractivity contribution in [2.24, 2.45) is 11.7 Å². The number of aromatic nitrogens is 1. The number of nitrogens with zero attached hydrogens (tertiary/aromatic N) is 2. The topological polar surface area (TPSA) is 42.2 Å².